The summed E-state index contributed by atoms with van der Waals surface area (Å²) in [5.74, 6) is -0.187. The molecule has 0 aliphatic heterocycles. The second-order valence-electron chi connectivity index (χ2n) is 6.71. The van der Waals surface area contributed by atoms with Crippen molar-refractivity contribution in [3.05, 3.63) is 90.5 Å². The van der Waals surface area contributed by atoms with Crippen molar-refractivity contribution < 1.29 is 4.79 Å². The zero-order valence-electron chi connectivity index (χ0n) is 15.6. The first-order valence-corrected chi connectivity index (χ1v) is 9.24. The summed E-state index contributed by atoms with van der Waals surface area (Å²) in [5, 5.41) is 12.0. The highest BCUT2D eigenvalue weighted by molar-refractivity contribution is 6.02. The standard InChI is InChI=1S/C24H21N3O/c1-17(20-11-10-18-6-2-4-8-21(18)14-20)26-27-24(28)16-25-23-13-12-19-7-3-5-9-22(19)15-23/h2-15,25H,16H2,1H3,(H,27,28). The van der Waals surface area contributed by atoms with E-state index >= 15 is 0 Å². The Morgan fingerprint density at radius 3 is 2.11 bits per heavy atom. The third-order valence-electron chi connectivity index (χ3n) is 4.72. The molecule has 0 unspecified atom stereocenters. The lowest BCUT2D eigenvalue weighted by molar-refractivity contribution is -0.119. The number of amides is 1. The van der Waals surface area contributed by atoms with E-state index in [1.807, 2.05) is 55.5 Å². The van der Waals surface area contributed by atoms with Gasteiger partial charge in [0.25, 0.3) is 5.91 Å². The van der Waals surface area contributed by atoms with Crippen LogP contribution in [0.25, 0.3) is 21.5 Å². The molecule has 0 fully saturated rings. The predicted octanol–water partition coefficient (Wildman–Crippen LogP) is 4.95. The first-order valence-electron chi connectivity index (χ1n) is 9.24. The lowest BCUT2D eigenvalue weighted by Gasteiger charge is -2.08. The number of carbonyl (C=O) groups excluding carboxylic acids is 1. The number of hydrazone groups is 1. The Balaban J connectivity index is 1.38. The molecule has 0 saturated heterocycles. The van der Waals surface area contributed by atoms with E-state index in [4.69, 9.17) is 0 Å². The van der Waals surface area contributed by atoms with Gasteiger partial charge in [0.05, 0.1) is 12.3 Å². The van der Waals surface area contributed by atoms with Crippen LogP contribution in [0.1, 0.15) is 12.5 Å². The molecule has 0 atom stereocenters. The molecule has 0 heterocycles. The van der Waals surface area contributed by atoms with Crippen LogP contribution in [-0.4, -0.2) is 18.2 Å². The molecule has 0 aliphatic rings. The van der Waals surface area contributed by atoms with Gasteiger partial charge in [-0.25, -0.2) is 5.43 Å². The lowest BCUT2D eigenvalue weighted by Crippen LogP contribution is -2.26. The van der Waals surface area contributed by atoms with E-state index in [-0.39, 0.29) is 12.5 Å². The zero-order chi connectivity index (χ0) is 19.3. The maximum Gasteiger partial charge on any atom is 0.259 e. The maximum atomic E-state index is 12.1. The number of nitrogens with zero attached hydrogens (tertiary/aromatic N) is 1. The van der Waals surface area contributed by atoms with E-state index in [1.54, 1.807) is 0 Å². The van der Waals surface area contributed by atoms with Crippen LogP contribution < -0.4 is 10.7 Å². The molecule has 4 aromatic rings. The minimum absolute atomic E-state index is 0.160. The number of fused-ring (bicyclic) bond motifs is 2. The zero-order valence-corrected chi connectivity index (χ0v) is 15.6. The maximum absolute atomic E-state index is 12.1. The van der Waals surface area contributed by atoms with Crippen LogP contribution >= 0.6 is 0 Å². The molecule has 0 bridgehead atoms. The summed E-state index contributed by atoms with van der Waals surface area (Å²) in [6.45, 7) is 2.05. The highest BCUT2D eigenvalue weighted by Gasteiger charge is 2.03. The third-order valence-corrected chi connectivity index (χ3v) is 4.72. The fourth-order valence-corrected chi connectivity index (χ4v) is 3.15. The highest BCUT2D eigenvalue weighted by atomic mass is 16.2. The van der Waals surface area contributed by atoms with Crippen LogP contribution in [0.2, 0.25) is 0 Å². The Morgan fingerprint density at radius 1 is 0.786 bits per heavy atom. The summed E-state index contributed by atoms with van der Waals surface area (Å²) < 4.78 is 0. The normalized spacial score (nSPS) is 11.5. The van der Waals surface area contributed by atoms with Crippen molar-refractivity contribution in [2.75, 3.05) is 11.9 Å². The highest BCUT2D eigenvalue weighted by Crippen LogP contribution is 2.18. The Morgan fingerprint density at radius 2 is 1.39 bits per heavy atom. The topological polar surface area (TPSA) is 53.5 Å². The fraction of sp³-hybridized carbons (Fsp3) is 0.0833. The number of anilines is 1. The van der Waals surface area contributed by atoms with Crippen LogP contribution in [0.15, 0.2) is 90.0 Å². The van der Waals surface area contributed by atoms with Crippen LogP contribution in [0, 0.1) is 0 Å². The Labute approximate surface area is 163 Å². The van der Waals surface area contributed by atoms with Crippen molar-refractivity contribution in [1.29, 1.82) is 0 Å². The summed E-state index contributed by atoms with van der Waals surface area (Å²) in [4.78, 5) is 12.1. The molecule has 2 N–H and O–H groups in total. The molecule has 28 heavy (non-hydrogen) atoms. The van der Waals surface area contributed by atoms with Crippen molar-refractivity contribution in [3.63, 3.8) is 0 Å². The predicted molar refractivity (Wildman–Crippen MR) is 117 cm³/mol. The SMILES string of the molecule is CC(=NNC(=O)CNc1ccc2ccccc2c1)c1ccc2ccccc2c1. The molecule has 0 spiro atoms. The fourth-order valence-electron chi connectivity index (χ4n) is 3.15. The molecule has 0 saturated carbocycles. The Hall–Kier alpha value is -3.66. The molecule has 4 aromatic carbocycles. The van der Waals surface area contributed by atoms with Gasteiger partial charge in [0.15, 0.2) is 0 Å². The molecule has 4 nitrogen and oxygen atoms in total. The summed E-state index contributed by atoms with van der Waals surface area (Å²) in [6, 6.07) is 28.5. The van der Waals surface area contributed by atoms with Gasteiger partial charge in [-0.2, -0.15) is 5.10 Å². The van der Waals surface area contributed by atoms with Gasteiger partial charge < -0.3 is 5.32 Å². The number of nitrogens with one attached hydrogen (secondary N) is 2. The van der Waals surface area contributed by atoms with Gasteiger partial charge in [-0.1, -0.05) is 66.7 Å². The van der Waals surface area contributed by atoms with Gasteiger partial charge in [-0.05, 0) is 52.2 Å². The average molecular weight is 367 g/mol. The molecule has 138 valence electrons. The van der Waals surface area contributed by atoms with Crippen LogP contribution in [0.5, 0.6) is 0 Å². The largest absolute Gasteiger partial charge is 0.376 e. The van der Waals surface area contributed by atoms with Gasteiger partial charge in [0, 0.05) is 5.69 Å². The van der Waals surface area contributed by atoms with E-state index in [2.05, 4.69) is 52.2 Å². The van der Waals surface area contributed by atoms with E-state index in [0.29, 0.717) is 0 Å². The van der Waals surface area contributed by atoms with E-state index in [0.717, 1.165) is 27.7 Å². The van der Waals surface area contributed by atoms with Crippen LogP contribution in [-0.2, 0) is 4.79 Å². The molecule has 1 amide bonds. The number of benzene rings is 4. The van der Waals surface area contributed by atoms with E-state index in [9.17, 15) is 4.79 Å². The van der Waals surface area contributed by atoms with Gasteiger partial charge in [0.2, 0.25) is 0 Å². The summed E-state index contributed by atoms with van der Waals surface area (Å²) in [6.07, 6.45) is 0. The van der Waals surface area contributed by atoms with Crippen molar-refractivity contribution in [2.24, 2.45) is 5.10 Å². The van der Waals surface area contributed by atoms with Crippen molar-refractivity contribution in [2.45, 2.75) is 6.92 Å². The second kappa shape index (κ2) is 7.92. The molecular formula is C24H21N3O. The number of hydrogen-bond acceptors (Lipinski definition) is 3. The minimum Gasteiger partial charge on any atom is -0.376 e. The van der Waals surface area contributed by atoms with Crippen LogP contribution in [0.3, 0.4) is 0 Å². The minimum atomic E-state index is -0.187. The monoisotopic (exact) mass is 367 g/mol. The second-order valence-corrected chi connectivity index (χ2v) is 6.71. The van der Waals surface area contributed by atoms with Crippen molar-refractivity contribution >= 4 is 38.9 Å². The number of carbonyl (C=O) groups is 1. The van der Waals surface area contributed by atoms with Crippen molar-refractivity contribution in [1.82, 2.24) is 5.43 Å². The molecular weight excluding hydrogens is 346 g/mol. The van der Waals surface area contributed by atoms with Gasteiger partial charge in [-0.15, -0.1) is 0 Å². The summed E-state index contributed by atoms with van der Waals surface area (Å²) in [5.41, 5.74) is 5.29. The first kappa shape index (κ1) is 17.7. The van der Waals surface area contributed by atoms with E-state index < -0.39 is 0 Å². The lowest BCUT2D eigenvalue weighted by atomic mass is 10.0. The molecule has 0 aliphatic carbocycles. The summed E-state index contributed by atoms with van der Waals surface area (Å²) in [7, 11) is 0. The quantitative estimate of drug-likeness (QED) is 0.387. The molecule has 0 aromatic heterocycles. The number of rotatable bonds is 5. The Bertz CT molecular complexity index is 1180. The van der Waals surface area contributed by atoms with Crippen molar-refractivity contribution in [3.8, 4) is 0 Å². The Kier molecular flexibility index (Phi) is 5.02. The average Bonchev–Trinajstić information content (AvgIpc) is 2.75. The van der Waals surface area contributed by atoms with E-state index in [1.165, 1.54) is 10.8 Å². The van der Waals surface area contributed by atoms with Gasteiger partial charge in [-0.3, -0.25) is 4.79 Å². The summed E-state index contributed by atoms with van der Waals surface area (Å²) >= 11 is 0. The molecule has 4 rings (SSSR count). The molecule has 4 heteroatoms. The molecule has 0 radical (unpaired) electrons. The van der Waals surface area contributed by atoms with Gasteiger partial charge in [0.1, 0.15) is 0 Å². The number of hydrogen-bond donors (Lipinski definition) is 2. The first-order chi connectivity index (χ1) is 13.7. The smallest absolute Gasteiger partial charge is 0.259 e. The third kappa shape index (κ3) is 4.01. The van der Waals surface area contributed by atoms with Gasteiger partial charge >= 0.3 is 0 Å². The van der Waals surface area contributed by atoms with Crippen LogP contribution in [0.4, 0.5) is 5.69 Å².